The van der Waals surface area contributed by atoms with E-state index in [9.17, 15) is 9.90 Å². The molecule has 0 aromatic heterocycles. The summed E-state index contributed by atoms with van der Waals surface area (Å²) >= 11 is 5.86. The molecule has 0 saturated carbocycles. The van der Waals surface area contributed by atoms with E-state index in [-0.39, 0.29) is 17.8 Å². The van der Waals surface area contributed by atoms with Gasteiger partial charge in [-0.25, -0.2) is 0 Å². The number of rotatable bonds is 5. The first-order valence-electron chi connectivity index (χ1n) is 6.28. The molecule has 0 amide bonds. The van der Waals surface area contributed by atoms with Crippen molar-refractivity contribution in [1.82, 2.24) is 4.90 Å². The van der Waals surface area contributed by atoms with Crippen LogP contribution in [0.5, 0.6) is 0 Å². The molecule has 0 aliphatic carbocycles. The third-order valence-electron chi connectivity index (χ3n) is 3.39. The van der Waals surface area contributed by atoms with E-state index in [4.69, 9.17) is 11.6 Å². The molecule has 0 bridgehead atoms. The maximum absolute atomic E-state index is 12.0. The van der Waals surface area contributed by atoms with Gasteiger partial charge in [0.05, 0.1) is 12.0 Å². The molecule has 1 aromatic rings. The molecule has 4 heteroatoms. The number of nitrogens with zero attached hydrogens (tertiary/aromatic N) is 1. The summed E-state index contributed by atoms with van der Waals surface area (Å²) in [6, 6.07) is 7.46. The molecular weight excluding hydrogens is 250 g/mol. The lowest BCUT2D eigenvalue weighted by Gasteiger charge is -2.38. The minimum atomic E-state index is -0.229. The Labute approximate surface area is 112 Å². The highest BCUT2D eigenvalue weighted by Gasteiger charge is 2.29. The van der Waals surface area contributed by atoms with Crippen molar-refractivity contribution in [2.24, 2.45) is 0 Å². The minimum Gasteiger partial charge on any atom is -0.390 e. The van der Waals surface area contributed by atoms with Crippen molar-refractivity contribution < 1.29 is 9.90 Å². The predicted octanol–water partition coefficient (Wildman–Crippen LogP) is 2.08. The smallest absolute Gasteiger partial charge is 0.141 e. The zero-order chi connectivity index (χ0) is 13.1. The number of ketones is 1. The Kier molecular flexibility index (Phi) is 4.38. The van der Waals surface area contributed by atoms with E-state index in [0.717, 1.165) is 5.56 Å². The molecule has 1 unspecified atom stereocenters. The zero-order valence-corrected chi connectivity index (χ0v) is 11.2. The van der Waals surface area contributed by atoms with Crippen LogP contribution in [0.1, 0.15) is 24.8 Å². The van der Waals surface area contributed by atoms with Gasteiger partial charge in [0.25, 0.3) is 0 Å². The van der Waals surface area contributed by atoms with Crippen LogP contribution in [0.15, 0.2) is 24.3 Å². The highest BCUT2D eigenvalue weighted by molar-refractivity contribution is 6.30. The van der Waals surface area contributed by atoms with Gasteiger partial charge in [-0.15, -0.1) is 0 Å². The normalized spacial score (nSPS) is 18.4. The van der Waals surface area contributed by atoms with Crippen LogP contribution in [0.4, 0.5) is 0 Å². The van der Waals surface area contributed by atoms with Crippen molar-refractivity contribution in [1.29, 1.82) is 0 Å². The molecular formula is C14H18ClNO2. The van der Waals surface area contributed by atoms with Gasteiger partial charge >= 0.3 is 0 Å². The van der Waals surface area contributed by atoms with Crippen molar-refractivity contribution in [3.05, 3.63) is 34.9 Å². The Morgan fingerprint density at radius 3 is 2.56 bits per heavy atom. The molecule has 1 atom stereocenters. The number of benzene rings is 1. The fraction of sp³-hybridized carbons (Fsp3) is 0.500. The Morgan fingerprint density at radius 2 is 2.06 bits per heavy atom. The summed E-state index contributed by atoms with van der Waals surface area (Å²) in [7, 11) is 0. The molecule has 0 radical (unpaired) electrons. The van der Waals surface area contributed by atoms with Gasteiger partial charge in [-0.1, -0.05) is 30.7 Å². The van der Waals surface area contributed by atoms with Crippen LogP contribution < -0.4 is 0 Å². The SMILES string of the molecule is CCC(=O)C(CN1CC(O)C1)c1ccc(Cl)cc1. The molecule has 2 rings (SSSR count). The third kappa shape index (κ3) is 3.10. The first-order chi connectivity index (χ1) is 8.60. The standard InChI is InChI=1S/C14H18ClNO2/c1-2-14(18)13(9-16-7-12(17)8-16)10-3-5-11(15)6-4-10/h3-6,12-13,17H,2,7-9H2,1H3. The van der Waals surface area contributed by atoms with E-state index >= 15 is 0 Å². The second-order valence-corrected chi connectivity index (χ2v) is 5.23. The Morgan fingerprint density at radius 1 is 1.44 bits per heavy atom. The van der Waals surface area contributed by atoms with E-state index < -0.39 is 0 Å². The number of β-amino-alcohol motifs (C(OH)–C–C–N with tert-alkyl or cyclic N) is 1. The molecule has 0 spiro atoms. The van der Waals surface area contributed by atoms with Crippen LogP contribution in [0.2, 0.25) is 5.02 Å². The Balaban J connectivity index is 2.09. The maximum atomic E-state index is 12.0. The van der Waals surface area contributed by atoms with Crippen LogP contribution in [0, 0.1) is 0 Å². The van der Waals surface area contributed by atoms with E-state index in [2.05, 4.69) is 4.90 Å². The number of halogens is 1. The lowest BCUT2D eigenvalue weighted by molar-refractivity contribution is -0.121. The van der Waals surface area contributed by atoms with Crippen LogP contribution in [-0.2, 0) is 4.79 Å². The molecule has 1 aliphatic rings. The maximum Gasteiger partial charge on any atom is 0.141 e. The quantitative estimate of drug-likeness (QED) is 0.888. The Hall–Kier alpha value is -0.900. The van der Waals surface area contributed by atoms with Gasteiger partial charge < -0.3 is 5.11 Å². The van der Waals surface area contributed by atoms with Crippen LogP contribution in [0.25, 0.3) is 0 Å². The molecule has 1 aliphatic heterocycles. The fourth-order valence-corrected chi connectivity index (χ4v) is 2.41. The highest BCUT2D eigenvalue weighted by Crippen LogP contribution is 2.23. The largest absolute Gasteiger partial charge is 0.390 e. The molecule has 3 nitrogen and oxygen atoms in total. The summed E-state index contributed by atoms with van der Waals surface area (Å²) in [5, 5.41) is 9.97. The minimum absolute atomic E-state index is 0.111. The molecule has 1 fully saturated rings. The van der Waals surface area contributed by atoms with Crippen LogP contribution >= 0.6 is 11.6 Å². The lowest BCUT2D eigenvalue weighted by atomic mass is 9.91. The Bertz CT molecular complexity index is 412. The van der Waals surface area contributed by atoms with Crippen molar-refractivity contribution in [3.8, 4) is 0 Å². The van der Waals surface area contributed by atoms with E-state index in [1.165, 1.54) is 0 Å². The summed E-state index contributed by atoms with van der Waals surface area (Å²) in [6.45, 7) is 3.91. The van der Waals surface area contributed by atoms with Crippen molar-refractivity contribution in [2.45, 2.75) is 25.4 Å². The molecule has 1 N–H and O–H groups in total. The van der Waals surface area contributed by atoms with E-state index in [1.54, 1.807) is 0 Å². The number of Topliss-reactive ketones (excluding diaryl/α,β-unsaturated/α-hetero) is 1. The summed E-state index contributed by atoms with van der Waals surface area (Å²) in [4.78, 5) is 14.1. The molecule has 1 aromatic carbocycles. The zero-order valence-electron chi connectivity index (χ0n) is 10.5. The van der Waals surface area contributed by atoms with Crippen molar-refractivity contribution in [2.75, 3.05) is 19.6 Å². The predicted molar refractivity (Wildman–Crippen MR) is 71.9 cm³/mol. The number of carbonyl (C=O) groups excluding carboxylic acids is 1. The number of likely N-dealkylation sites (tertiary alicyclic amines) is 1. The van der Waals surface area contributed by atoms with Crippen LogP contribution in [0.3, 0.4) is 0 Å². The lowest BCUT2D eigenvalue weighted by Crippen LogP contribution is -2.52. The second kappa shape index (κ2) is 5.83. The van der Waals surface area contributed by atoms with E-state index in [1.807, 2.05) is 31.2 Å². The summed E-state index contributed by atoms with van der Waals surface area (Å²) in [5.74, 6) is 0.124. The summed E-state index contributed by atoms with van der Waals surface area (Å²) in [6.07, 6.45) is 0.302. The number of carbonyl (C=O) groups is 1. The monoisotopic (exact) mass is 267 g/mol. The number of aliphatic hydroxyl groups excluding tert-OH is 1. The molecule has 98 valence electrons. The van der Waals surface area contributed by atoms with Crippen LogP contribution in [-0.4, -0.2) is 41.5 Å². The van der Waals surface area contributed by atoms with Crippen molar-refractivity contribution in [3.63, 3.8) is 0 Å². The highest BCUT2D eigenvalue weighted by atomic mass is 35.5. The van der Waals surface area contributed by atoms with Gasteiger partial charge in [-0.3, -0.25) is 9.69 Å². The topological polar surface area (TPSA) is 40.5 Å². The average Bonchev–Trinajstić information content (AvgIpc) is 2.34. The average molecular weight is 268 g/mol. The first kappa shape index (κ1) is 13.5. The van der Waals surface area contributed by atoms with E-state index in [0.29, 0.717) is 31.1 Å². The van der Waals surface area contributed by atoms with Gasteiger partial charge in [0.2, 0.25) is 0 Å². The van der Waals surface area contributed by atoms with Gasteiger partial charge in [0, 0.05) is 31.1 Å². The van der Waals surface area contributed by atoms with Gasteiger partial charge in [-0.05, 0) is 17.7 Å². The molecule has 18 heavy (non-hydrogen) atoms. The first-order valence-corrected chi connectivity index (χ1v) is 6.66. The number of aliphatic hydroxyl groups is 1. The third-order valence-corrected chi connectivity index (χ3v) is 3.64. The second-order valence-electron chi connectivity index (χ2n) is 4.80. The number of hydrogen-bond acceptors (Lipinski definition) is 3. The van der Waals surface area contributed by atoms with Gasteiger partial charge in [0.1, 0.15) is 5.78 Å². The summed E-state index contributed by atoms with van der Waals surface area (Å²) in [5.41, 5.74) is 1.01. The fourth-order valence-electron chi connectivity index (χ4n) is 2.28. The number of hydrogen-bond donors (Lipinski definition) is 1. The molecule has 1 heterocycles. The van der Waals surface area contributed by atoms with Gasteiger partial charge in [0.15, 0.2) is 0 Å². The van der Waals surface area contributed by atoms with Gasteiger partial charge in [-0.2, -0.15) is 0 Å². The van der Waals surface area contributed by atoms with Crippen molar-refractivity contribution >= 4 is 17.4 Å². The molecule has 1 saturated heterocycles. The summed E-state index contributed by atoms with van der Waals surface area (Å²) < 4.78 is 0.